The van der Waals surface area contributed by atoms with Gasteiger partial charge in [0.05, 0.1) is 17.5 Å². The molecule has 0 aliphatic carbocycles. The lowest BCUT2D eigenvalue weighted by molar-refractivity contribution is 0.344. The van der Waals surface area contributed by atoms with Gasteiger partial charge in [0.25, 0.3) is 0 Å². The van der Waals surface area contributed by atoms with E-state index in [4.69, 9.17) is 9.88 Å². The molecule has 1 aromatic carbocycles. The molecule has 0 amide bonds. The average Bonchev–Trinajstić information content (AvgIpc) is 2.80. The minimum absolute atomic E-state index is 0.130. The predicted octanol–water partition coefficient (Wildman–Crippen LogP) is 2.44. The summed E-state index contributed by atoms with van der Waals surface area (Å²) >= 11 is 1.77. The smallest absolute Gasteiger partial charge is 0.240 e. The van der Waals surface area contributed by atoms with Crippen molar-refractivity contribution in [3.63, 3.8) is 0 Å². The average molecular weight is 328 g/mol. The van der Waals surface area contributed by atoms with Gasteiger partial charge in [-0.1, -0.05) is 6.07 Å². The highest BCUT2D eigenvalue weighted by Crippen LogP contribution is 2.33. The van der Waals surface area contributed by atoms with Crippen molar-refractivity contribution in [2.75, 3.05) is 18.6 Å². The predicted molar refractivity (Wildman–Crippen MR) is 87.5 cm³/mol. The quantitative estimate of drug-likeness (QED) is 0.792. The Labute approximate surface area is 129 Å². The number of hydrogen-bond donors (Lipinski definition) is 1. The number of sulfonamides is 1. The number of ether oxygens (including phenoxy) is 1. The molecule has 2 aromatic rings. The Morgan fingerprint density at radius 1 is 1.38 bits per heavy atom. The first-order chi connectivity index (χ1) is 9.99. The van der Waals surface area contributed by atoms with Crippen LogP contribution < -0.4 is 9.88 Å². The maximum absolute atomic E-state index is 11.9. The minimum atomic E-state index is -3.79. The molecule has 1 aromatic heterocycles. The molecule has 1 heterocycles. The Morgan fingerprint density at radius 3 is 2.76 bits per heavy atom. The van der Waals surface area contributed by atoms with Gasteiger partial charge in [-0.05, 0) is 37.5 Å². The summed E-state index contributed by atoms with van der Waals surface area (Å²) in [6.45, 7) is 3.09. The standard InChI is InChI=1S/C14H20N2O3S2/c1-3-19-12-7-4-6-11-14(12)13(21(15,17)18)10-16(11)8-5-9-20-2/h4,6-7,10H,3,5,8-9H2,1-2H3,(H2,15,17,18). The number of fused-ring (bicyclic) bond motifs is 1. The van der Waals surface area contributed by atoms with Crippen molar-refractivity contribution >= 4 is 32.7 Å². The van der Waals surface area contributed by atoms with E-state index in [-0.39, 0.29) is 4.90 Å². The molecule has 0 saturated heterocycles. The van der Waals surface area contributed by atoms with Crippen molar-refractivity contribution < 1.29 is 13.2 Å². The highest BCUT2D eigenvalue weighted by atomic mass is 32.2. The third-order valence-corrected chi connectivity index (χ3v) is 4.81. The van der Waals surface area contributed by atoms with Gasteiger partial charge in [-0.25, -0.2) is 13.6 Å². The molecular weight excluding hydrogens is 308 g/mol. The maximum Gasteiger partial charge on any atom is 0.240 e. The Balaban J connectivity index is 2.59. The molecule has 0 saturated carbocycles. The number of thioether (sulfide) groups is 1. The van der Waals surface area contributed by atoms with E-state index < -0.39 is 10.0 Å². The number of aryl methyl sites for hydroxylation is 1. The molecule has 21 heavy (non-hydrogen) atoms. The zero-order chi connectivity index (χ0) is 15.5. The molecular formula is C14H20N2O3S2. The monoisotopic (exact) mass is 328 g/mol. The lowest BCUT2D eigenvalue weighted by Gasteiger charge is -2.07. The molecule has 0 atom stereocenters. The van der Waals surface area contributed by atoms with Crippen LogP contribution >= 0.6 is 11.8 Å². The number of primary sulfonamides is 1. The SMILES string of the molecule is CCOc1cccc2c1c(S(N)(=O)=O)cn2CCCSC. The molecule has 0 bridgehead atoms. The van der Waals surface area contributed by atoms with Crippen LogP contribution in [0.3, 0.4) is 0 Å². The van der Waals surface area contributed by atoms with Crippen LogP contribution in [-0.2, 0) is 16.6 Å². The second-order valence-corrected chi connectivity index (χ2v) is 7.18. The van der Waals surface area contributed by atoms with E-state index in [2.05, 4.69) is 6.26 Å². The first-order valence-corrected chi connectivity index (χ1v) is 9.69. The van der Waals surface area contributed by atoms with Crippen molar-refractivity contribution in [2.24, 2.45) is 5.14 Å². The molecule has 0 aliphatic rings. The minimum Gasteiger partial charge on any atom is -0.493 e. The van der Waals surface area contributed by atoms with Gasteiger partial charge in [0.2, 0.25) is 10.0 Å². The number of aromatic nitrogens is 1. The highest BCUT2D eigenvalue weighted by molar-refractivity contribution is 7.98. The third-order valence-electron chi connectivity index (χ3n) is 3.19. The Kier molecular flexibility index (Phi) is 5.18. The molecule has 0 aliphatic heterocycles. The molecule has 0 spiro atoms. The van der Waals surface area contributed by atoms with E-state index in [1.165, 1.54) is 0 Å². The van der Waals surface area contributed by atoms with Crippen LogP contribution in [-0.4, -0.2) is 31.6 Å². The van der Waals surface area contributed by atoms with E-state index in [9.17, 15) is 8.42 Å². The van der Waals surface area contributed by atoms with E-state index in [1.807, 2.05) is 23.6 Å². The summed E-state index contributed by atoms with van der Waals surface area (Å²) in [5.74, 6) is 1.58. The molecule has 0 fully saturated rings. The van der Waals surface area contributed by atoms with E-state index in [1.54, 1.807) is 24.0 Å². The summed E-state index contributed by atoms with van der Waals surface area (Å²) in [6, 6.07) is 5.53. The van der Waals surface area contributed by atoms with Gasteiger partial charge in [0.1, 0.15) is 10.6 Å². The van der Waals surface area contributed by atoms with Gasteiger partial charge in [0.15, 0.2) is 0 Å². The van der Waals surface area contributed by atoms with Gasteiger partial charge < -0.3 is 9.30 Å². The topological polar surface area (TPSA) is 74.3 Å². The second-order valence-electron chi connectivity index (χ2n) is 4.66. The Bertz CT molecular complexity index is 723. The Morgan fingerprint density at radius 2 is 2.14 bits per heavy atom. The number of hydrogen-bond acceptors (Lipinski definition) is 4. The van der Waals surface area contributed by atoms with E-state index in [0.29, 0.717) is 17.7 Å². The first-order valence-electron chi connectivity index (χ1n) is 6.75. The molecule has 5 nitrogen and oxygen atoms in total. The summed E-state index contributed by atoms with van der Waals surface area (Å²) in [7, 11) is -3.79. The molecule has 116 valence electrons. The number of benzene rings is 1. The molecule has 7 heteroatoms. The summed E-state index contributed by atoms with van der Waals surface area (Å²) in [5.41, 5.74) is 0.839. The summed E-state index contributed by atoms with van der Waals surface area (Å²) in [4.78, 5) is 0.130. The van der Waals surface area contributed by atoms with Crippen LogP contribution in [0.2, 0.25) is 0 Å². The van der Waals surface area contributed by atoms with Crippen LogP contribution in [0.1, 0.15) is 13.3 Å². The fraction of sp³-hybridized carbons (Fsp3) is 0.429. The third kappa shape index (κ3) is 3.53. The highest BCUT2D eigenvalue weighted by Gasteiger charge is 2.20. The first kappa shape index (κ1) is 16.2. The van der Waals surface area contributed by atoms with Gasteiger partial charge in [-0.2, -0.15) is 11.8 Å². The summed E-state index contributed by atoms with van der Waals surface area (Å²) in [5, 5.41) is 5.93. The molecule has 0 unspecified atom stereocenters. The number of nitrogens with two attached hydrogens (primary N) is 1. The van der Waals surface area contributed by atoms with Crippen LogP contribution in [0.4, 0.5) is 0 Å². The Hall–Kier alpha value is -1.18. The van der Waals surface area contributed by atoms with Crippen molar-refractivity contribution in [1.29, 1.82) is 0 Å². The van der Waals surface area contributed by atoms with Gasteiger partial charge in [0, 0.05) is 12.7 Å². The molecule has 2 rings (SSSR count). The van der Waals surface area contributed by atoms with Gasteiger partial charge >= 0.3 is 0 Å². The normalized spacial score (nSPS) is 12.0. The van der Waals surface area contributed by atoms with Gasteiger partial charge in [-0.15, -0.1) is 0 Å². The van der Waals surface area contributed by atoms with Crippen LogP contribution in [0.15, 0.2) is 29.3 Å². The lowest BCUT2D eigenvalue weighted by Crippen LogP contribution is -2.12. The lowest BCUT2D eigenvalue weighted by atomic mass is 10.2. The zero-order valence-corrected chi connectivity index (χ0v) is 13.8. The maximum atomic E-state index is 11.9. The van der Waals surface area contributed by atoms with Crippen LogP contribution in [0.25, 0.3) is 10.9 Å². The fourth-order valence-corrected chi connectivity index (χ4v) is 3.52. The number of nitrogens with zero attached hydrogens (tertiary/aromatic N) is 1. The second kappa shape index (κ2) is 6.72. The van der Waals surface area contributed by atoms with Crippen LogP contribution in [0, 0.1) is 0 Å². The summed E-state index contributed by atoms with van der Waals surface area (Å²) in [6.07, 6.45) is 4.63. The van der Waals surface area contributed by atoms with Crippen molar-refractivity contribution in [3.05, 3.63) is 24.4 Å². The summed E-state index contributed by atoms with van der Waals surface area (Å²) < 4.78 is 31.2. The van der Waals surface area contributed by atoms with Crippen LogP contribution in [0.5, 0.6) is 5.75 Å². The van der Waals surface area contributed by atoms with Gasteiger partial charge in [-0.3, -0.25) is 0 Å². The molecule has 0 radical (unpaired) electrons. The van der Waals surface area contributed by atoms with E-state index in [0.717, 1.165) is 24.2 Å². The number of rotatable bonds is 7. The molecule has 2 N–H and O–H groups in total. The fourth-order valence-electron chi connectivity index (χ4n) is 2.34. The largest absolute Gasteiger partial charge is 0.493 e. The van der Waals surface area contributed by atoms with Crippen molar-refractivity contribution in [1.82, 2.24) is 4.57 Å². The van der Waals surface area contributed by atoms with E-state index >= 15 is 0 Å². The van der Waals surface area contributed by atoms with Crippen molar-refractivity contribution in [3.8, 4) is 5.75 Å². The van der Waals surface area contributed by atoms with Crippen molar-refractivity contribution in [2.45, 2.75) is 24.8 Å². The zero-order valence-electron chi connectivity index (χ0n) is 12.2.